The van der Waals surface area contributed by atoms with Crippen LogP contribution in [0.3, 0.4) is 0 Å². The van der Waals surface area contributed by atoms with Gasteiger partial charge in [-0.1, -0.05) is 41.6 Å². The Morgan fingerprint density at radius 3 is 2.50 bits per heavy atom. The molecule has 0 aliphatic carbocycles. The van der Waals surface area contributed by atoms with Crippen molar-refractivity contribution in [2.24, 2.45) is 0 Å². The quantitative estimate of drug-likeness (QED) is 0.422. The Morgan fingerprint density at radius 2 is 1.72 bits per heavy atom. The Hall–Kier alpha value is -1.13. The first kappa shape index (κ1) is 11.9. The largest absolute Gasteiger partial charge is 0.203 e. The van der Waals surface area contributed by atoms with Crippen molar-refractivity contribution in [3.05, 3.63) is 57.9 Å². The molecule has 0 amide bonds. The third-order valence-corrected chi connectivity index (χ3v) is 4.61. The Labute approximate surface area is 111 Å². The summed E-state index contributed by atoms with van der Waals surface area (Å²) >= 11 is 6.92. The SMILES string of the molecule is Fc1c(F)c(Cl)c2c(c1F)Cc1ccccc1S2. The first-order chi connectivity index (χ1) is 8.59. The van der Waals surface area contributed by atoms with Crippen molar-refractivity contribution >= 4 is 23.4 Å². The van der Waals surface area contributed by atoms with Crippen molar-refractivity contribution in [2.45, 2.75) is 16.2 Å². The molecule has 18 heavy (non-hydrogen) atoms. The molecule has 1 heterocycles. The molecule has 0 fully saturated rings. The van der Waals surface area contributed by atoms with E-state index in [-0.39, 0.29) is 21.9 Å². The molecular formula is C13H6ClF3S. The standard InChI is InChI=1S/C13H6ClF3S/c14-9-11(16)12(17)10(15)7-5-6-3-1-2-4-8(6)18-13(7)9/h1-4H,5H2. The lowest BCUT2D eigenvalue weighted by Crippen LogP contribution is -2.07. The van der Waals surface area contributed by atoms with Crippen LogP contribution in [0.5, 0.6) is 0 Å². The molecule has 1 aliphatic rings. The molecule has 5 heteroatoms. The predicted octanol–water partition coefficient (Wildman–Crippen LogP) is 4.81. The van der Waals surface area contributed by atoms with Crippen molar-refractivity contribution in [3.63, 3.8) is 0 Å². The lowest BCUT2D eigenvalue weighted by atomic mass is 10.0. The van der Waals surface area contributed by atoms with Gasteiger partial charge in [0.15, 0.2) is 17.5 Å². The van der Waals surface area contributed by atoms with Crippen LogP contribution in [0, 0.1) is 17.5 Å². The van der Waals surface area contributed by atoms with E-state index in [1.54, 1.807) is 0 Å². The fraction of sp³-hybridized carbons (Fsp3) is 0.0769. The fourth-order valence-corrected chi connectivity index (χ4v) is 3.39. The van der Waals surface area contributed by atoms with Crippen molar-refractivity contribution in [1.29, 1.82) is 0 Å². The van der Waals surface area contributed by atoms with Gasteiger partial charge in [0.05, 0.1) is 5.02 Å². The van der Waals surface area contributed by atoms with E-state index in [4.69, 9.17) is 11.6 Å². The molecule has 2 aromatic rings. The first-order valence-corrected chi connectivity index (χ1v) is 6.39. The summed E-state index contributed by atoms with van der Waals surface area (Å²) in [7, 11) is 0. The second-order valence-electron chi connectivity index (χ2n) is 3.95. The van der Waals surface area contributed by atoms with Gasteiger partial charge >= 0.3 is 0 Å². The smallest absolute Gasteiger partial charge is 0.196 e. The topological polar surface area (TPSA) is 0 Å². The Balaban J connectivity index is 2.25. The Kier molecular flexibility index (Phi) is 2.79. The highest BCUT2D eigenvalue weighted by Crippen LogP contribution is 2.45. The third kappa shape index (κ3) is 1.63. The highest BCUT2D eigenvalue weighted by atomic mass is 35.5. The van der Waals surface area contributed by atoms with Crippen molar-refractivity contribution in [1.82, 2.24) is 0 Å². The minimum absolute atomic E-state index is 0.127. The van der Waals surface area contributed by atoms with Gasteiger partial charge in [-0.05, 0) is 11.6 Å². The lowest BCUT2D eigenvalue weighted by molar-refractivity contribution is 0.437. The summed E-state index contributed by atoms with van der Waals surface area (Å²) in [5.74, 6) is -3.97. The number of hydrogen-bond acceptors (Lipinski definition) is 1. The van der Waals surface area contributed by atoms with Crippen LogP contribution in [0.15, 0.2) is 34.1 Å². The lowest BCUT2D eigenvalue weighted by Gasteiger charge is -2.21. The molecule has 0 atom stereocenters. The minimum Gasteiger partial charge on any atom is -0.203 e. The van der Waals surface area contributed by atoms with E-state index >= 15 is 0 Å². The molecule has 2 aromatic carbocycles. The molecule has 1 aliphatic heterocycles. The van der Waals surface area contributed by atoms with Gasteiger partial charge in [-0.3, -0.25) is 0 Å². The van der Waals surface area contributed by atoms with Crippen LogP contribution in [0.25, 0.3) is 0 Å². The average molecular weight is 287 g/mol. The van der Waals surface area contributed by atoms with E-state index in [9.17, 15) is 13.2 Å². The monoisotopic (exact) mass is 286 g/mol. The Morgan fingerprint density at radius 1 is 1.00 bits per heavy atom. The van der Waals surface area contributed by atoms with Crippen LogP contribution in [0.4, 0.5) is 13.2 Å². The summed E-state index contributed by atoms with van der Waals surface area (Å²) in [6, 6.07) is 7.34. The molecular weight excluding hydrogens is 281 g/mol. The van der Waals surface area contributed by atoms with Gasteiger partial charge in [-0.15, -0.1) is 0 Å². The molecule has 3 rings (SSSR count). The molecule has 0 saturated carbocycles. The highest BCUT2D eigenvalue weighted by Gasteiger charge is 2.28. The Bertz CT molecular complexity index is 599. The van der Waals surface area contributed by atoms with E-state index in [2.05, 4.69) is 0 Å². The first-order valence-electron chi connectivity index (χ1n) is 5.20. The maximum atomic E-state index is 13.7. The number of hydrogen-bond donors (Lipinski definition) is 0. The van der Waals surface area contributed by atoms with E-state index < -0.39 is 17.5 Å². The maximum Gasteiger partial charge on any atom is 0.196 e. The van der Waals surface area contributed by atoms with Crippen LogP contribution in [0.1, 0.15) is 11.1 Å². The van der Waals surface area contributed by atoms with E-state index in [0.717, 1.165) is 10.5 Å². The number of rotatable bonds is 0. The van der Waals surface area contributed by atoms with Crippen molar-refractivity contribution < 1.29 is 13.2 Å². The third-order valence-electron chi connectivity index (χ3n) is 2.87. The van der Waals surface area contributed by atoms with Crippen LogP contribution in [-0.2, 0) is 6.42 Å². The number of benzene rings is 2. The second kappa shape index (κ2) is 4.21. The molecule has 0 unspecified atom stereocenters. The van der Waals surface area contributed by atoms with Crippen LogP contribution in [0.2, 0.25) is 5.02 Å². The predicted molar refractivity (Wildman–Crippen MR) is 64.7 cm³/mol. The van der Waals surface area contributed by atoms with Gasteiger partial charge in [-0.25, -0.2) is 13.2 Å². The van der Waals surface area contributed by atoms with Crippen LogP contribution >= 0.6 is 23.4 Å². The molecule has 92 valence electrons. The second-order valence-corrected chi connectivity index (χ2v) is 5.38. The van der Waals surface area contributed by atoms with Crippen molar-refractivity contribution in [2.75, 3.05) is 0 Å². The van der Waals surface area contributed by atoms with Crippen LogP contribution < -0.4 is 0 Å². The molecule has 0 bridgehead atoms. The summed E-state index contributed by atoms with van der Waals surface area (Å²) in [6.45, 7) is 0. The fourth-order valence-electron chi connectivity index (χ4n) is 1.97. The van der Waals surface area contributed by atoms with Gasteiger partial charge in [0.2, 0.25) is 0 Å². The zero-order chi connectivity index (χ0) is 12.9. The summed E-state index contributed by atoms with van der Waals surface area (Å²) in [4.78, 5) is 1.16. The minimum atomic E-state index is -1.50. The summed E-state index contributed by atoms with van der Waals surface area (Å²) in [6.07, 6.45) is 0.223. The summed E-state index contributed by atoms with van der Waals surface area (Å²) < 4.78 is 40.4. The summed E-state index contributed by atoms with van der Waals surface area (Å²) in [5.41, 5.74) is 1.01. The molecule has 0 aromatic heterocycles. The zero-order valence-corrected chi connectivity index (χ0v) is 10.5. The van der Waals surface area contributed by atoms with E-state index in [1.807, 2.05) is 24.3 Å². The van der Waals surface area contributed by atoms with E-state index in [1.165, 1.54) is 11.8 Å². The van der Waals surface area contributed by atoms with E-state index in [0.29, 0.717) is 0 Å². The van der Waals surface area contributed by atoms with Crippen molar-refractivity contribution in [3.8, 4) is 0 Å². The normalized spacial score (nSPS) is 13.1. The zero-order valence-electron chi connectivity index (χ0n) is 8.94. The maximum absolute atomic E-state index is 13.7. The molecule has 0 spiro atoms. The molecule has 0 radical (unpaired) electrons. The van der Waals surface area contributed by atoms with Gasteiger partial charge in [-0.2, -0.15) is 0 Å². The molecule has 0 N–H and O–H groups in total. The average Bonchev–Trinajstić information content (AvgIpc) is 2.41. The highest BCUT2D eigenvalue weighted by molar-refractivity contribution is 7.99. The molecule has 0 nitrogen and oxygen atoms in total. The number of fused-ring (bicyclic) bond motifs is 2. The van der Waals surface area contributed by atoms with Gasteiger partial charge < -0.3 is 0 Å². The molecule has 0 saturated heterocycles. The van der Waals surface area contributed by atoms with Gasteiger partial charge in [0.25, 0.3) is 0 Å². The number of halogens is 4. The van der Waals surface area contributed by atoms with Gasteiger partial charge in [0.1, 0.15) is 0 Å². The summed E-state index contributed by atoms with van der Waals surface area (Å²) in [5, 5.41) is -0.344. The van der Waals surface area contributed by atoms with Gasteiger partial charge in [0, 0.05) is 21.8 Å². The van der Waals surface area contributed by atoms with Crippen LogP contribution in [-0.4, -0.2) is 0 Å².